The molecule has 150 valence electrons. The Morgan fingerprint density at radius 1 is 0.931 bits per heavy atom. The van der Waals surface area contributed by atoms with Gasteiger partial charge in [-0.3, -0.25) is 4.79 Å². The predicted molar refractivity (Wildman–Crippen MR) is 119 cm³/mol. The lowest BCUT2D eigenvalue weighted by Gasteiger charge is -2.12. The minimum absolute atomic E-state index is 0.0215. The van der Waals surface area contributed by atoms with Crippen LogP contribution in [0.5, 0.6) is 5.75 Å². The van der Waals surface area contributed by atoms with E-state index in [2.05, 4.69) is 41.8 Å². The van der Waals surface area contributed by atoms with Crippen molar-refractivity contribution in [3.05, 3.63) is 89.5 Å². The van der Waals surface area contributed by atoms with Gasteiger partial charge in [0.25, 0.3) is 0 Å². The molecule has 0 spiro atoms. The van der Waals surface area contributed by atoms with Gasteiger partial charge in [-0.25, -0.2) is 0 Å². The van der Waals surface area contributed by atoms with Crippen LogP contribution in [0.25, 0.3) is 0 Å². The molecule has 3 aromatic rings. The Hall–Kier alpha value is -3.27. The maximum Gasteiger partial charge on any atom is 0.226 e. The topological polar surface area (TPSA) is 50.4 Å². The third-order valence-corrected chi connectivity index (χ3v) is 4.73. The number of carbonyl (C=O) groups excluding carboxylic acids is 1. The molecule has 0 fully saturated rings. The van der Waals surface area contributed by atoms with Crippen LogP contribution in [0.15, 0.2) is 72.8 Å². The number of benzene rings is 3. The first-order valence-corrected chi connectivity index (χ1v) is 9.92. The van der Waals surface area contributed by atoms with Gasteiger partial charge < -0.3 is 15.4 Å². The lowest BCUT2D eigenvalue weighted by atomic mass is 10.1. The molecule has 3 rings (SSSR count). The molecule has 0 radical (unpaired) electrons. The third kappa shape index (κ3) is 6.11. The Labute approximate surface area is 172 Å². The Morgan fingerprint density at radius 2 is 1.66 bits per heavy atom. The number of nitrogens with one attached hydrogen (secondary N) is 2. The zero-order valence-corrected chi connectivity index (χ0v) is 17.2. The molecule has 4 nitrogen and oxygen atoms in total. The number of hydrogen-bond acceptors (Lipinski definition) is 3. The van der Waals surface area contributed by atoms with Gasteiger partial charge in [0.05, 0.1) is 0 Å². The fourth-order valence-electron chi connectivity index (χ4n) is 2.84. The Kier molecular flexibility index (Phi) is 6.90. The monoisotopic (exact) mass is 388 g/mol. The normalized spacial score (nSPS) is 10.6. The van der Waals surface area contributed by atoms with Crippen LogP contribution < -0.4 is 15.4 Å². The fraction of sp³-hybridized carbons (Fsp3) is 0.240. The number of carbonyl (C=O) groups is 1. The second kappa shape index (κ2) is 9.78. The number of amides is 1. The quantitative estimate of drug-likeness (QED) is 0.514. The summed E-state index contributed by atoms with van der Waals surface area (Å²) < 4.78 is 5.97. The van der Waals surface area contributed by atoms with Crippen LogP contribution in [0.4, 0.5) is 11.4 Å². The van der Waals surface area contributed by atoms with E-state index >= 15 is 0 Å². The van der Waals surface area contributed by atoms with Gasteiger partial charge in [0.2, 0.25) is 5.91 Å². The molecule has 0 atom stereocenters. The maximum atomic E-state index is 11.8. The van der Waals surface area contributed by atoms with Gasteiger partial charge in [0, 0.05) is 23.8 Å². The molecule has 0 aliphatic carbocycles. The zero-order chi connectivity index (χ0) is 20.6. The van der Waals surface area contributed by atoms with E-state index < -0.39 is 0 Å². The van der Waals surface area contributed by atoms with Crippen LogP contribution in [-0.4, -0.2) is 5.91 Å². The maximum absolute atomic E-state index is 11.8. The van der Waals surface area contributed by atoms with E-state index in [4.69, 9.17) is 4.74 Å². The average molecular weight is 389 g/mol. The van der Waals surface area contributed by atoms with E-state index in [0.717, 1.165) is 22.7 Å². The number of aryl methyl sites for hydroxylation is 1. The first-order chi connectivity index (χ1) is 14.0. The highest BCUT2D eigenvalue weighted by molar-refractivity contribution is 5.92. The van der Waals surface area contributed by atoms with E-state index in [0.29, 0.717) is 13.2 Å². The van der Waals surface area contributed by atoms with E-state index in [1.54, 1.807) is 0 Å². The molecule has 29 heavy (non-hydrogen) atoms. The summed E-state index contributed by atoms with van der Waals surface area (Å²) in [5.74, 6) is 0.848. The minimum atomic E-state index is -0.0342. The molecule has 2 N–H and O–H groups in total. The molecule has 0 aliphatic rings. The molecular weight excluding hydrogens is 360 g/mol. The van der Waals surface area contributed by atoms with Gasteiger partial charge in [0.1, 0.15) is 12.4 Å². The second-order valence-corrected chi connectivity index (χ2v) is 7.44. The first kappa shape index (κ1) is 20.5. The predicted octanol–water partition coefficient (Wildman–Crippen LogP) is 5.78. The highest BCUT2D eigenvalue weighted by atomic mass is 16.5. The molecule has 0 bridgehead atoms. The van der Waals surface area contributed by atoms with Gasteiger partial charge in [-0.1, -0.05) is 50.2 Å². The SMILES string of the molecule is Cc1ccccc1COc1cccc(CNc2ccc(NC(=O)C(C)C)cc2)c1. The van der Waals surface area contributed by atoms with E-state index in [-0.39, 0.29) is 11.8 Å². The number of ether oxygens (including phenoxy) is 1. The van der Waals surface area contributed by atoms with Crippen molar-refractivity contribution in [1.29, 1.82) is 0 Å². The summed E-state index contributed by atoms with van der Waals surface area (Å²) in [4.78, 5) is 11.8. The van der Waals surface area contributed by atoms with Gasteiger partial charge in [-0.2, -0.15) is 0 Å². The first-order valence-electron chi connectivity index (χ1n) is 9.92. The van der Waals surface area contributed by atoms with Crippen LogP contribution in [-0.2, 0) is 17.9 Å². The summed E-state index contributed by atoms with van der Waals surface area (Å²) in [6.07, 6.45) is 0. The molecule has 0 saturated carbocycles. The van der Waals surface area contributed by atoms with Crippen LogP contribution in [0.3, 0.4) is 0 Å². The van der Waals surface area contributed by atoms with Gasteiger partial charge >= 0.3 is 0 Å². The molecular formula is C25H28N2O2. The van der Waals surface area contributed by atoms with E-state index in [1.807, 2.05) is 62.4 Å². The third-order valence-electron chi connectivity index (χ3n) is 4.73. The molecule has 0 heterocycles. The summed E-state index contributed by atoms with van der Waals surface area (Å²) in [6, 6.07) is 24.1. The second-order valence-electron chi connectivity index (χ2n) is 7.44. The van der Waals surface area contributed by atoms with Crippen molar-refractivity contribution in [2.45, 2.75) is 33.9 Å². The number of anilines is 2. The summed E-state index contributed by atoms with van der Waals surface area (Å²) >= 11 is 0. The van der Waals surface area contributed by atoms with Gasteiger partial charge in [0.15, 0.2) is 0 Å². The largest absolute Gasteiger partial charge is 0.489 e. The lowest BCUT2D eigenvalue weighted by molar-refractivity contribution is -0.118. The van der Waals surface area contributed by atoms with E-state index in [9.17, 15) is 4.79 Å². The zero-order valence-electron chi connectivity index (χ0n) is 17.2. The summed E-state index contributed by atoms with van der Waals surface area (Å²) in [7, 11) is 0. The molecule has 0 unspecified atom stereocenters. The Morgan fingerprint density at radius 3 is 2.38 bits per heavy atom. The van der Waals surface area contributed by atoms with Crippen LogP contribution >= 0.6 is 0 Å². The van der Waals surface area contributed by atoms with E-state index in [1.165, 1.54) is 11.1 Å². The Balaban J connectivity index is 1.54. The van der Waals surface area contributed by atoms with Gasteiger partial charge in [-0.05, 0) is 60.0 Å². The molecule has 4 heteroatoms. The molecule has 0 saturated heterocycles. The van der Waals surface area contributed by atoms with Crippen molar-refractivity contribution >= 4 is 17.3 Å². The van der Waals surface area contributed by atoms with Crippen molar-refractivity contribution in [1.82, 2.24) is 0 Å². The molecule has 3 aromatic carbocycles. The smallest absolute Gasteiger partial charge is 0.226 e. The average Bonchev–Trinajstić information content (AvgIpc) is 2.73. The van der Waals surface area contributed by atoms with Crippen molar-refractivity contribution in [3.8, 4) is 5.75 Å². The highest BCUT2D eigenvalue weighted by Crippen LogP contribution is 2.19. The van der Waals surface area contributed by atoms with Crippen LogP contribution in [0.2, 0.25) is 0 Å². The molecule has 0 aliphatic heterocycles. The molecule has 1 amide bonds. The lowest BCUT2D eigenvalue weighted by Crippen LogP contribution is -2.17. The number of hydrogen-bond donors (Lipinski definition) is 2. The summed E-state index contributed by atoms with van der Waals surface area (Å²) in [5, 5.41) is 6.30. The highest BCUT2D eigenvalue weighted by Gasteiger charge is 2.06. The number of rotatable bonds is 8. The van der Waals surface area contributed by atoms with Crippen molar-refractivity contribution < 1.29 is 9.53 Å². The van der Waals surface area contributed by atoms with Gasteiger partial charge in [-0.15, -0.1) is 0 Å². The summed E-state index contributed by atoms with van der Waals surface area (Å²) in [5.41, 5.74) is 5.38. The van der Waals surface area contributed by atoms with Crippen molar-refractivity contribution in [2.24, 2.45) is 5.92 Å². The fourth-order valence-corrected chi connectivity index (χ4v) is 2.84. The minimum Gasteiger partial charge on any atom is -0.489 e. The Bertz CT molecular complexity index is 949. The summed E-state index contributed by atoms with van der Waals surface area (Å²) in [6.45, 7) is 7.11. The standard InChI is InChI=1S/C25H28N2O2/c1-18(2)25(28)27-23-13-11-22(12-14-23)26-16-20-8-6-10-24(15-20)29-17-21-9-5-4-7-19(21)3/h4-15,18,26H,16-17H2,1-3H3,(H,27,28). The van der Waals surface area contributed by atoms with Crippen LogP contribution in [0, 0.1) is 12.8 Å². The molecule has 0 aromatic heterocycles. The van der Waals surface area contributed by atoms with Crippen molar-refractivity contribution in [2.75, 3.05) is 10.6 Å². The van der Waals surface area contributed by atoms with Crippen molar-refractivity contribution in [3.63, 3.8) is 0 Å². The van der Waals surface area contributed by atoms with Crippen LogP contribution in [0.1, 0.15) is 30.5 Å².